The molecule has 32 heavy (non-hydrogen) atoms. The van der Waals surface area contributed by atoms with Gasteiger partial charge in [0, 0.05) is 23.8 Å². The molecule has 0 saturated heterocycles. The summed E-state index contributed by atoms with van der Waals surface area (Å²) >= 11 is 0. The van der Waals surface area contributed by atoms with E-state index in [9.17, 15) is 9.90 Å². The zero-order chi connectivity index (χ0) is 22.8. The molecule has 1 heterocycles. The van der Waals surface area contributed by atoms with Gasteiger partial charge in [0.2, 0.25) is 0 Å². The number of hydrogen-bond donors (Lipinski definition) is 1. The number of hydrogen-bond acceptors (Lipinski definition) is 5. The fourth-order valence-electron chi connectivity index (χ4n) is 3.62. The van der Waals surface area contributed by atoms with Crippen molar-refractivity contribution < 1.29 is 19.0 Å². The Bertz CT molecular complexity index is 1040. The number of phenolic OH excluding ortho intramolecular Hbond substituents is 1. The second-order valence-corrected chi connectivity index (χ2v) is 8.13. The molecule has 172 valence electrons. The molecule has 0 spiro atoms. The van der Waals surface area contributed by atoms with Crippen LogP contribution in [0, 0.1) is 0 Å². The Balaban J connectivity index is 1.73. The largest absolute Gasteiger partial charge is 0.507 e. The third-order valence-electron chi connectivity index (χ3n) is 5.46. The van der Waals surface area contributed by atoms with Gasteiger partial charge >= 0.3 is 0 Å². The summed E-state index contributed by atoms with van der Waals surface area (Å²) in [5, 5.41) is 10.5. The maximum absolute atomic E-state index is 12.6. The van der Waals surface area contributed by atoms with Crippen molar-refractivity contribution in [3.05, 3.63) is 52.7 Å². The maximum atomic E-state index is 12.6. The van der Waals surface area contributed by atoms with E-state index in [-0.39, 0.29) is 16.6 Å². The monoisotopic (exact) mass is 438 g/mol. The molecule has 5 nitrogen and oxygen atoms in total. The van der Waals surface area contributed by atoms with E-state index in [2.05, 4.69) is 13.8 Å². The average molecular weight is 439 g/mol. The first-order chi connectivity index (χ1) is 15.6. The molecule has 0 aliphatic rings. The van der Waals surface area contributed by atoms with Gasteiger partial charge in [-0.05, 0) is 37.1 Å². The number of benzene rings is 2. The van der Waals surface area contributed by atoms with Crippen LogP contribution < -0.4 is 14.9 Å². The Labute approximate surface area is 190 Å². The summed E-state index contributed by atoms with van der Waals surface area (Å²) in [6, 6.07) is 12.1. The lowest BCUT2D eigenvalue weighted by Crippen LogP contribution is -2.02. The van der Waals surface area contributed by atoms with Crippen LogP contribution in [0.15, 0.2) is 51.7 Å². The fourth-order valence-corrected chi connectivity index (χ4v) is 3.62. The minimum atomic E-state index is -0.288. The Morgan fingerprint density at radius 3 is 2.03 bits per heavy atom. The first-order valence-electron chi connectivity index (χ1n) is 11.8. The van der Waals surface area contributed by atoms with Crippen LogP contribution in [0.2, 0.25) is 0 Å². The van der Waals surface area contributed by atoms with E-state index in [4.69, 9.17) is 13.9 Å². The highest BCUT2D eigenvalue weighted by Gasteiger charge is 2.13. The van der Waals surface area contributed by atoms with Gasteiger partial charge in [-0.1, -0.05) is 52.4 Å². The van der Waals surface area contributed by atoms with E-state index < -0.39 is 0 Å². The van der Waals surface area contributed by atoms with Crippen LogP contribution in [-0.2, 0) is 0 Å². The molecule has 0 saturated carbocycles. The predicted molar refractivity (Wildman–Crippen MR) is 129 cm³/mol. The summed E-state index contributed by atoms with van der Waals surface area (Å²) in [4.78, 5) is 12.6. The van der Waals surface area contributed by atoms with Gasteiger partial charge in [-0.3, -0.25) is 4.79 Å². The van der Waals surface area contributed by atoms with Crippen molar-refractivity contribution in [3.8, 4) is 28.6 Å². The third kappa shape index (κ3) is 6.52. The standard InChI is InChI=1S/C27H34O5/c1-3-5-7-9-15-30-21-13-11-20(12-14-21)25-19-24(29)27-23(28)17-22(18-26(27)32-25)31-16-10-8-6-4-2/h11-14,17-19,28H,3-10,15-16H2,1-2H3. The first-order valence-corrected chi connectivity index (χ1v) is 11.8. The first kappa shape index (κ1) is 23.7. The smallest absolute Gasteiger partial charge is 0.197 e. The van der Waals surface area contributed by atoms with Gasteiger partial charge in [-0.25, -0.2) is 0 Å². The van der Waals surface area contributed by atoms with Gasteiger partial charge < -0.3 is 19.0 Å². The molecule has 0 unspecified atom stereocenters. The number of phenols is 1. The highest BCUT2D eigenvalue weighted by atomic mass is 16.5. The zero-order valence-electron chi connectivity index (χ0n) is 19.2. The third-order valence-corrected chi connectivity index (χ3v) is 5.46. The lowest BCUT2D eigenvalue weighted by Gasteiger charge is -2.10. The molecule has 3 aromatic rings. The van der Waals surface area contributed by atoms with Crippen molar-refractivity contribution in [1.82, 2.24) is 0 Å². The average Bonchev–Trinajstić information content (AvgIpc) is 2.78. The Hall–Kier alpha value is -2.95. The number of ether oxygens (including phenoxy) is 2. The van der Waals surface area contributed by atoms with E-state index >= 15 is 0 Å². The van der Waals surface area contributed by atoms with Crippen molar-refractivity contribution in [2.75, 3.05) is 13.2 Å². The molecule has 5 heteroatoms. The van der Waals surface area contributed by atoms with E-state index in [1.165, 1.54) is 37.8 Å². The minimum Gasteiger partial charge on any atom is -0.507 e. The van der Waals surface area contributed by atoms with Gasteiger partial charge in [0.15, 0.2) is 5.43 Å². The molecular formula is C27H34O5. The second-order valence-electron chi connectivity index (χ2n) is 8.13. The van der Waals surface area contributed by atoms with Gasteiger partial charge in [0.1, 0.15) is 34.0 Å². The molecule has 0 atom stereocenters. The topological polar surface area (TPSA) is 68.9 Å². The maximum Gasteiger partial charge on any atom is 0.197 e. The summed E-state index contributed by atoms with van der Waals surface area (Å²) in [7, 11) is 0. The summed E-state index contributed by atoms with van der Waals surface area (Å²) < 4.78 is 17.5. The van der Waals surface area contributed by atoms with E-state index in [0.29, 0.717) is 30.3 Å². The second kappa shape index (κ2) is 12.2. The van der Waals surface area contributed by atoms with Gasteiger partial charge in [0.05, 0.1) is 13.2 Å². The van der Waals surface area contributed by atoms with Crippen molar-refractivity contribution in [3.63, 3.8) is 0 Å². The quantitative estimate of drug-likeness (QED) is 0.289. The zero-order valence-corrected chi connectivity index (χ0v) is 19.2. The predicted octanol–water partition coefficient (Wildman–Crippen LogP) is 7.08. The van der Waals surface area contributed by atoms with Gasteiger partial charge in [0.25, 0.3) is 0 Å². The Kier molecular flexibility index (Phi) is 9.02. The van der Waals surface area contributed by atoms with Crippen molar-refractivity contribution in [1.29, 1.82) is 0 Å². The SMILES string of the molecule is CCCCCCOc1ccc(-c2cc(=O)c3c(O)cc(OCCCCCC)cc3o2)cc1. The van der Waals surface area contributed by atoms with E-state index in [0.717, 1.165) is 37.0 Å². The highest BCUT2D eigenvalue weighted by molar-refractivity contribution is 5.86. The molecule has 0 aliphatic heterocycles. The Morgan fingerprint density at radius 2 is 1.41 bits per heavy atom. The summed E-state index contributed by atoms with van der Waals surface area (Å²) in [6.07, 6.45) is 9.04. The van der Waals surface area contributed by atoms with Crippen molar-refractivity contribution in [2.24, 2.45) is 0 Å². The normalized spacial score (nSPS) is 11.1. The summed E-state index contributed by atoms with van der Waals surface area (Å²) in [6.45, 7) is 5.62. The van der Waals surface area contributed by atoms with Crippen LogP contribution in [0.3, 0.4) is 0 Å². The van der Waals surface area contributed by atoms with Crippen LogP contribution in [-0.4, -0.2) is 18.3 Å². The lowest BCUT2D eigenvalue weighted by molar-refractivity contribution is 0.303. The molecule has 0 bridgehead atoms. The highest BCUT2D eigenvalue weighted by Crippen LogP contribution is 2.31. The molecule has 0 aliphatic carbocycles. The Morgan fingerprint density at radius 1 is 0.781 bits per heavy atom. The van der Waals surface area contributed by atoms with E-state index in [1.54, 1.807) is 6.07 Å². The van der Waals surface area contributed by atoms with Crippen molar-refractivity contribution >= 4 is 11.0 Å². The molecule has 1 aromatic heterocycles. The number of fused-ring (bicyclic) bond motifs is 1. The molecule has 2 aromatic carbocycles. The molecule has 3 rings (SSSR count). The number of aromatic hydroxyl groups is 1. The van der Waals surface area contributed by atoms with Crippen LogP contribution in [0.1, 0.15) is 65.2 Å². The number of rotatable bonds is 13. The number of unbranched alkanes of at least 4 members (excludes halogenated alkanes) is 6. The van der Waals surface area contributed by atoms with Gasteiger partial charge in [-0.15, -0.1) is 0 Å². The van der Waals surface area contributed by atoms with E-state index in [1.807, 2.05) is 24.3 Å². The molecule has 0 fully saturated rings. The van der Waals surface area contributed by atoms with Crippen LogP contribution in [0.4, 0.5) is 0 Å². The molecular weight excluding hydrogens is 404 g/mol. The van der Waals surface area contributed by atoms with Gasteiger partial charge in [-0.2, -0.15) is 0 Å². The lowest BCUT2D eigenvalue weighted by atomic mass is 10.1. The van der Waals surface area contributed by atoms with Crippen LogP contribution >= 0.6 is 0 Å². The fraction of sp³-hybridized carbons (Fsp3) is 0.444. The summed E-state index contributed by atoms with van der Waals surface area (Å²) in [5.41, 5.74) is 0.796. The summed E-state index contributed by atoms with van der Waals surface area (Å²) in [5.74, 6) is 1.61. The molecule has 0 amide bonds. The van der Waals surface area contributed by atoms with Crippen LogP contribution in [0.5, 0.6) is 17.2 Å². The van der Waals surface area contributed by atoms with Crippen LogP contribution in [0.25, 0.3) is 22.3 Å². The minimum absolute atomic E-state index is 0.127. The van der Waals surface area contributed by atoms with Crippen molar-refractivity contribution in [2.45, 2.75) is 65.2 Å². The molecule has 0 radical (unpaired) electrons. The molecule has 1 N–H and O–H groups in total.